The number of nitrogens with zero attached hydrogens (tertiary/aromatic N) is 4. The molecule has 0 fully saturated rings. The van der Waals surface area contributed by atoms with Crippen LogP contribution in [-0.2, 0) is 16.1 Å². The van der Waals surface area contributed by atoms with E-state index in [1.54, 1.807) is 30.2 Å². The molecule has 0 N–H and O–H groups in total. The molecule has 1 aliphatic rings. The first-order valence-corrected chi connectivity index (χ1v) is 11.7. The molecule has 8 nitrogen and oxygen atoms in total. The van der Waals surface area contributed by atoms with E-state index in [9.17, 15) is 14.0 Å². The molecule has 9 heteroatoms. The largest absolute Gasteiger partial charge is 0.494 e. The third kappa shape index (κ3) is 4.39. The Hall–Kier alpha value is -4.27. The zero-order valence-electron chi connectivity index (χ0n) is 20.0. The summed E-state index contributed by atoms with van der Waals surface area (Å²) in [6.45, 7) is 2.81. The van der Waals surface area contributed by atoms with Crippen LogP contribution in [0.5, 0.6) is 5.75 Å². The quantitative estimate of drug-likeness (QED) is 0.359. The van der Waals surface area contributed by atoms with Gasteiger partial charge in [0.1, 0.15) is 5.69 Å². The van der Waals surface area contributed by atoms with E-state index in [4.69, 9.17) is 9.47 Å². The average molecular weight is 489 g/mol. The summed E-state index contributed by atoms with van der Waals surface area (Å²) in [6.07, 6.45) is 3.50. The summed E-state index contributed by atoms with van der Waals surface area (Å²) < 4.78 is 26.6. The highest BCUT2D eigenvalue weighted by atomic mass is 19.1. The smallest absolute Gasteiger partial charge is 0.308 e. The highest BCUT2D eigenvalue weighted by Crippen LogP contribution is 2.33. The molecule has 0 radical (unpaired) electrons. The number of carbonyl (C=O) groups is 2. The van der Waals surface area contributed by atoms with Crippen molar-refractivity contribution < 1.29 is 23.5 Å². The van der Waals surface area contributed by atoms with Crippen LogP contribution in [0.25, 0.3) is 22.3 Å². The lowest BCUT2D eigenvalue weighted by Gasteiger charge is -2.35. The van der Waals surface area contributed by atoms with Crippen LogP contribution in [0.2, 0.25) is 0 Å². The van der Waals surface area contributed by atoms with Crippen molar-refractivity contribution in [2.75, 3.05) is 20.3 Å². The van der Waals surface area contributed by atoms with Gasteiger partial charge in [0.25, 0.3) is 5.91 Å². The molecular formula is C27H25FN4O4. The van der Waals surface area contributed by atoms with Gasteiger partial charge in [-0.2, -0.15) is 0 Å². The summed E-state index contributed by atoms with van der Waals surface area (Å²) in [4.78, 5) is 36.6. The molecule has 1 amide bonds. The highest BCUT2D eigenvalue weighted by molar-refractivity contribution is 5.95. The van der Waals surface area contributed by atoms with Crippen molar-refractivity contribution in [1.29, 1.82) is 0 Å². The number of aromatic nitrogens is 3. The first-order valence-electron chi connectivity index (χ1n) is 11.7. The van der Waals surface area contributed by atoms with Crippen molar-refractivity contribution in [3.8, 4) is 17.0 Å². The minimum absolute atomic E-state index is 0.0865. The van der Waals surface area contributed by atoms with Crippen molar-refractivity contribution in [1.82, 2.24) is 19.4 Å². The highest BCUT2D eigenvalue weighted by Gasteiger charge is 2.34. The van der Waals surface area contributed by atoms with Gasteiger partial charge in [-0.25, -0.2) is 14.4 Å². The zero-order valence-corrected chi connectivity index (χ0v) is 20.0. The van der Waals surface area contributed by atoms with Gasteiger partial charge in [0.05, 0.1) is 31.9 Å². The number of rotatable bonds is 7. The van der Waals surface area contributed by atoms with Crippen LogP contribution >= 0.6 is 0 Å². The summed E-state index contributed by atoms with van der Waals surface area (Å²) >= 11 is 0. The predicted molar refractivity (Wildman–Crippen MR) is 131 cm³/mol. The van der Waals surface area contributed by atoms with Gasteiger partial charge in [-0.3, -0.25) is 9.59 Å². The van der Waals surface area contributed by atoms with E-state index in [-0.39, 0.29) is 24.7 Å². The summed E-state index contributed by atoms with van der Waals surface area (Å²) in [6, 6.07) is 13.2. The summed E-state index contributed by atoms with van der Waals surface area (Å²) in [5.74, 6) is -1.18. The second-order valence-corrected chi connectivity index (χ2v) is 8.47. The molecule has 4 aromatic rings. The van der Waals surface area contributed by atoms with Gasteiger partial charge in [-0.1, -0.05) is 6.07 Å². The zero-order chi connectivity index (χ0) is 25.2. The van der Waals surface area contributed by atoms with Gasteiger partial charge < -0.3 is 18.9 Å². The van der Waals surface area contributed by atoms with Crippen molar-refractivity contribution in [2.24, 2.45) is 0 Å². The number of methoxy groups -OCH3 is 1. The lowest BCUT2D eigenvalue weighted by Crippen LogP contribution is -2.43. The number of carbonyl (C=O) groups excluding carboxylic acids is 2. The molecular weight excluding hydrogens is 463 g/mol. The molecule has 0 bridgehead atoms. The molecule has 3 aromatic heterocycles. The van der Waals surface area contributed by atoms with Crippen LogP contribution in [0.4, 0.5) is 4.39 Å². The van der Waals surface area contributed by atoms with Crippen LogP contribution in [0.1, 0.15) is 35.4 Å². The van der Waals surface area contributed by atoms with Crippen molar-refractivity contribution in [3.63, 3.8) is 0 Å². The Morgan fingerprint density at radius 1 is 1.17 bits per heavy atom. The van der Waals surface area contributed by atoms with E-state index in [1.165, 1.54) is 19.2 Å². The Balaban J connectivity index is 1.48. The monoisotopic (exact) mass is 488 g/mol. The predicted octanol–water partition coefficient (Wildman–Crippen LogP) is 4.40. The van der Waals surface area contributed by atoms with Gasteiger partial charge in [-0.15, -0.1) is 0 Å². The van der Waals surface area contributed by atoms with E-state index >= 15 is 0 Å². The third-order valence-electron chi connectivity index (χ3n) is 6.32. The van der Waals surface area contributed by atoms with Crippen molar-refractivity contribution >= 4 is 22.9 Å². The first kappa shape index (κ1) is 23.5. The second-order valence-electron chi connectivity index (χ2n) is 8.47. The molecule has 0 unspecified atom stereocenters. The van der Waals surface area contributed by atoms with E-state index in [0.717, 1.165) is 10.9 Å². The van der Waals surface area contributed by atoms with Gasteiger partial charge in [0.15, 0.2) is 17.2 Å². The average Bonchev–Trinajstić information content (AvgIpc) is 3.33. The molecule has 1 atom stereocenters. The van der Waals surface area contributed by atoms with Gasteiger partial charge in [0.2, 0.25) is 0 Å². The van der Waals surface area contributed by atoms with Crippen LogP contribution in [-0.4, -0.2) is 51.6 Å². The Bertz CT molecular complexity index is 1450. The molecule has 0 aliphatic carbocycles. The Kier molecular flexibility index (Phi) is 6.37. The van der Waals surface area contributed by atoms with Crippen LogP contribution < -0.4 is 4.74 Å². The summed E-state index contributed by atoms with van der Waals surface area (Å²) in [5.41, 5.74) is 3.11. The van der Waals surface area contributed by atoms with E-state index in [2.05, 4.69) is 9.97 Å². The molecule has 0 saturated carbocycles. The fourth-order valence-corrected chi connectivity index (χ4v) is 4.57. The molecule has 184 valence electrons. The first-order chi connectivity index (χ1) is 17.5. The van der Waals surface area contributed by atoms with E-state index < -0.39 is 17.8 Å². The van der Waals surface area contributed by atoms with Crippen molar-refractivity contribution in [2.45, 2.75) is 25.9 Å². The fraction of sp³-hybridized carbons (Fsp3) is 0.259. The van der Waals surface area contributed by atoms with Gasteiger partial charge in [0, 0.05) is 36.4 Å². The SMILES string of the molecule is CCOC(=O)C[C@@H](c1ccc(OC)c(F)c1)N1CCn2cc(-c3ccc4cccnc4n3)cc2C1=O. The number of amides is 1. The molecule has 36 heavy (non-hydrogen) atoms. The number of halogens is 1. The minimum Gasteiger partial charge on any atom is -0.494 e. The molecule has 1 aromatic carbocycles. The molecule has 5 rings (SSSR count). The van der Waals surface area contributed by atoms with Gasteiger partial charge >= 0.3 is 5.97 Å². The number of hydrogen-bond acceptors (Lipinski definition) is 6. The lowest BCUT2D eigenvalue weighted by molar-refractivity contribution is -0.144. The maximum absolute atomic E-state index is 14.5. The maximum Gasteiger partial charge on any atom is 0.308 e. The number of esters is 1. The normalized spacial score (nSPS) is 14.0. The molecule has 4 heterocycles. The maximum atomic E-state index is 14.5. The van der Waals surface area contributed by atoms with Crippen LogP contribution in [0.3, 0.4) is 0 Å². The van der Waals surface area contributed by atoms with E-state index in [0.29, 0.717) is 35.7 Å². The number of benzene rings is 1. The molecule has 0 saturated heterocycles. The van der Waals surface area contributed by atoms with Crippen molar-refractivity contribution in [3.05, 3.63) is 78.0 Å². The third-order valence-corrected chi connectivity index (χ3v) is 6.32. The lowest BCUT2D eigenvalue weighted by atomic mass is 10.00. The Labute approximate surface area is 207 Å². The fourth-order valence-electron chi connectivity index (χ4n) is 4.57. The summed E-state index contributed by atoms with van der Waals surface area (Å²) in [5, 5.41) is 0.931. The molecule has 0 spiro atoms. The number of ether oxygens (including phenoxy) is 2. The number of fused-ring (bicyclic) bond motifs is 2. The van der Waals surface area contributed by atoms with E-state index in [1.807, 2.05) is 35.0 Å². The summed E-state index contributed by atoms with van der Waals surface area (Å²) in [7, 11) is 1.38. The second kappa shape index (κ2) is 9.77. The Morgan fingerprint density at radius 2 is 2.03 bits per heavy atom. The topological polar surface area (TPSA) is 86.6 Å². The molecule has 1 aliphatic heterocycles. The minimum atomic E-state index is -0.688. The van der Waals surface area contributed by atoms with Crippen LogP contribution in [0, 0.1) is 5.82 Å². The number of pyridine rings is 2. The Morgan fingerprint density at radius 3 is 2.81 bits per heavy atom. The number of hydrogen-bond donors (Lipinski definition) is 0. The van der Waals surface area contributed by atoms with Gasteiger partial charge in [-0.05, 0) is 55.0 Å². The standard InChI is InChI=1S/C27H25FN4O4/c1-3-36-25(33)15-22(18-7-9-24(35-2)20(28)13-18)32-12-11-31-16-19(14-23(31)27(32)34)21-8-6-17-5-4-10-29-26(17)30-21/h4-10,13-14,16,22H,3,11-12,15H2,1-2H3/t22-/m0/s1. The van der Waals surface area contributed by atoms with Crippen LogP contribution in [0.15, 0.2) is 60.9 Å².